The topological polar surface area (TPSA) is 77.0 Å². The summed E-state index contributed by atoms with van der Waals surface area (Å²) in [5.74, 6) is 0.915. The van der Waals surface area contributed by atoms with Gasteiger partial charge >= 0.3 is 0 Å². The molecule has 23 heavy (non-hydrogen) atoms. The van der Waals surface area contributed by atoms with E-state index in [9.17, 15) is 9.90 Å². The molecule has 0 unspecified atom stereocenters. The highest BCUT2D eigenvalue weighted by molar-refractivity contribution is 14.0. The molecule has 0 aliphatic carbocycles. The van der Waals surface area contributed by atoms with Crippen LogP contribution in [-0.2, 0) is 11.2 Å². The summed E-state index contributed by atoms with van der Waals surface area (Å²) in [5.41, 5.74) is 1.18. The molecule has 1 amide bonds. The number of amides is 1. The van der Waals surface area contributed by atoms with E-state index in [0.717, 1.165) is 25.9 Å². The summed E-state index contributed by atoms with van der Waals surface area (Å²) in [5, 5.41) is 15.6. The number of aryl methyl sites for hydroxylation is 1. The van der Waals surface area contributed by atoms with Crippen molar-refractivity contribution in [1.29, 1.82) is 0 Å². The zero-order chi connectivity index (χ0) is 16.4. The van der Waals surface area contributed by atoms with E-state index in [1.165, 1.54) is 10.5 Å². The van der Waals surface area contributed by atoms with Crippen molar-refractivity contribution >= 4 is 35.8 Å². The number of nitrogens with zero attached hydrogens (tertiary/aromatic N) is 2. The van der Waals surface area contributed by atoms with E-state index >= 15 is 0 Å². The largest absolute Gasteiger partial charge is 0.508 e. The van der Waals surface area contributed by atoms with Gasteiger partial charge in [-0.05, 0) is 37.5 Å². The second-order valence-corrected chi connectivity index (χ2v) is 5.18. The predicted octanol–water partition coefficient (Wildman–Crippen LogP) is 1.59. The van der Waals surface area contributed by atoms with Crippen molar-refractivity contribution < 1.29 is 9.90 Å². The number of phenols is 1. The van der Waals surface area contributed by atoms with E-state index in [4.69, 9.17) is 0 Å². The normalized spacial score (nSPS) is 10.7. The maximum absolute atomic E-state index is 11.5. The fourth-order valence-electron chi connectivity index (χ4n) is 1.79. The van der Waals surface area contributed by atoms with Gasteiger partial charge < -0.3 is 20.6 Å². The Hall–Kier alpha value is -1.51. The third kappa shape index (κ3) is 9.27. The van der Waals surface area contributed by atoms with Gasteiger partial charge in [0.05, 0.1) is 0 Å². The van der Waals surface area contributed by atoms with Gasteiger partial charge in [0.2, 0.25) is 5.91 Å². The van der Waals surface area contributed by atoms with E-state index in [1.807, 2.05) is 19.1 Å². The molecule has 0 bridgehead atoms. The summed E-state index contributed by atoms with van der Waals surface area (Å²) < 4.78 is 0. The highest BCUT2D eigenvalue weighted by atomic mass is 127. The van der Waals surface area contributed by atoms with Crippen molar-refractivity contribution in [3.8, 4) is 5.75 Å². The van der Waals surface area contributed by atoms with E-state index in [-0.39, 0.29) is 42.2 Å². The predicted molar refractivity (Wildman–Crippen MR) is 105 cm³/mol. The van der Waals surface area contributed by atoms with E-state index in [1.54, 1.807) is 26.2 Å². The van der Waals surface area contributed by atoms with Crippen molar-refractivity contribution in [2.45, 2.75) is 19.8 Å². The van der Waals surface area contributed by atoms with Crippen LogP contribution in [-0.4, -0.2) is 55.6 Å². The van der Waals surface area contributed by atoms with Crippen LogP contribution in [0.2, 0.25) is 0 Å². The standard InChI is InChI=1S/C16H26N4O2.HI/c1-4-17-16(19-12-15(22)20(2)3)18-11-5-6-13-7-9-14(21)10-8-13;/h7-10,21H,4-6,11-12H2,1-3H3,(H2,17,18,19);1H. The number of aromatic hydroxyl groups is 1. The molecule has 130 valence electrons. The summed E-state index contributed by atoms with van der Waals surface area (Å²) in [6.07, 6.45) is 1.86. The summed E-state index contributed by atoms with van der Waals surface area (Å²) in [4.78, 5) is 17.3. The molecule has 1 rings (SSSR count). The maximum Gasteiger partial charge on any atom is 0.243 e. The first-order valence-electron chi connectivity index (χ1n) is 7.53. The monoisotopic (exact) mass is 434 g/mol. The smallest absolute Gasteiger partial charge is 0.243 e. The van der Waals surface area contributed by atoms with Gasteiger partial charge in [-0.1, -0.05) is 12.1 Å². The number of carbonyl (C=O) groups excluding carboxylic acids is 1. The molecule has 0 aromatic heterocycles. The molecular formula is C16H27IN4O2. The Morgan fingerprint density at radius 2 is 1.87 bits per heavy atom. The summed E-state index contributed by atoms with van der Waals surface area (Å²) in [6.45, 7) is 3.64. The molecule has 0 saturated heterocycles. The molecule has 3 N–H and O–H groups in total. The lowest BCUT2D eigenvalue weighted by atomic mass is 10.1. The highest BCUT2D eigenvalue weighted by Gasteiger charge is 2.03. The van der Waals surface area contributed by atoms with Gasteiger partial charge in [-0.25, -0.2) is 4.99 Å². The number of benzene rings is 1. The molecule has 6 nitrogen and oxygen atoms in total. The first-order valence-corrected chi connectivity index (χ1v) is 7.53. The number of likely N-dealkylation sites (N-methyl/N-ethyl adjacent to an activating group) is 1. The lowest BCUT2D eigenvalue weighted by Gasteiger charge is -2.12. The number of aliphatic imine (C=N–C) groups is 1. The average Bonchev–Trinajstić information content (AvgIpc) is 2.50. The van der Waals surface area contributed by atoms with Crippen LogP contribution >= 0.6 is 24.0 Å². The summed E-state index contributed by atoms with van der Waals surface area (Å²) >= 11 is 0. The first kappa shape index (κ1) is 21.5. The Morgan fingerprint density at radius 3 is 2.43 bits per heavy atom. The van der Waals surface area contributed by atoms with Gasteiger partial charge in [0.25, 0.3) is 0 Å². The van der Waals surface area contributed by atoms with Gasteiger partial charge in [0.15, 0.2) is 5.96 Å². The van der Waals surface area contributed by atoms with Crippen LogP contribution in [0.4, 0.5) is 0 Å². The van der Waals surface area contributed by atoms with Crippen LogP contribution in [0, 0.1) is 0 Å². The molecule has 0 saturated carbocycles. The number of guanidine groups is 1. The lowest BCUT2D eigenvalue weighted by molar-refractivity contribution is -0.127. The van der Waals surface area contributed by atoms with Crippen molar-refractivity contribution in [2.75, 3.05) is 33.7 Å². The molecule has 0 aliphatic rings. The molecule has 1 aromatic rings. The lowest BCUT2D eigenvalue weighted by Crippen LogP contribution is -2.39. The van der Waals surface area contributed by atoms with Crippen LogP contribution in [0.3, 0.4) is 0 Å². The number of rotatable bonds is 7. The SMILES string of the molecule is CCNC(=NCC(=O)N(C)C)NCCCc1ccc(O)cc1.I. The van der Waals surface area contributed by atoms with Crippen molar-refractivity contribution in [2.24, 2.45) is 4.99 Å². The molecule has 1 aromatic carbocycles. The second-order valence-electron chi connectivity index (χ2n) is 5.18. The summed E-state index contributed by atoms with van der Waals surface area (Å²) in [6, 6.07) is 7.23. The molecule has 0 heterocycles. The first-order chi connectivity index (χ1) is 10.5. The van der Waals surface area contributed by atoms with Gasteiger partial charge in [-0.2, -0.15) is 0 Å². The number of nitrogens with one attached hydrogen (secondary N) is 2. The van der Waals surface area contributed by atoms with Gasteiger partial charge in [-0.15, -0.1) is 24.0 Å². The minimum absolute atomic E-state index is 0. The Morgan fingerprint density at radius 1 is 1.22 bits per heavy atom. The molecule has 7 heteroatoms. The second kappa shape index (κ2) is 12.0. The number of hydrogen-bond donors (Lipinski definition) is 3. The van der Waals surface area contributed by atoms with Crippen molar-refractivity contribution in [3.63, 3.8) is 0 Å². The molecule has 0 atom stereocenters. The number of carbonyl (C=O) groups is 1. The number of phenolic OH excluding ortho intramolecular Hbond substituents is 1. The van der Waals surface area contributed by atoms with Crippen LogP contribution in [0.5, 0.6) is 5.75 Å². The third-order valence-electron chi connectivity index (χ3n) is 3.09. The minimum atomic E-state index is -0.0266. The van der Waals surface area contributed by atoms with Crippen LogP contribution < -0.4 is 10.6 Å². The Labute approximate surface area is 155 Å². The molecule has 0 radical (unpaired) electrons. The molecule has 0 fully saturated rings. The zero-order valence-corrected chi connectivity index (χ0v) is 16.3. The average molecular weight is 434 g/mol. The zero-order valence-electron chi connectivity index (χ0n) is 14.0. The van der Waals surface area contributed by atoms with E-state index in [0.29, 0.717) is 5.96 Å². The summed E-state index contributed by atoms with van der Waals surface area (Å²) in [7, 11) is 3.44. The maximum atomic E-state index is 11.5. The fourth-order valence-corrected chi connectivity index (χ4v) is 1.79. The van der Waals surface area contributed by atoms with Gasteiger partial charge in [-0.3, -0.25) is 4.79 Å². The van der Waals surface area contributed by atoms with E-state index in [2.05, 4.69) is 15.6 Å². The van der Waals surface area contributed by atoms with Crippen molar-refractivity contribution in [1.82, 2.24) is 15.5 Å². The molecular weight excluding hydrogens is 407 g/mol. The fraction of sp³-hybridized carbons (Fsp3) is 0.500. The number of hydrogen-bond acceptors (Lipinski definition) is 3. The molecule has 0 aliphatic heterocycles. The Balaban J connectivity index is 0.00000484. The quantitative estimate of drug-likeness (QED) is 0.264. The van der Waals surface area contributed by atoms with Crippen LogP contribution in [0.1, 0.15) is 18.9 Å². The Bertz CT molecular complexity index is 489. The minimum Gasteiger partial charge on any atom is -0.508 e. The van der Waals surface area contributed by atoms with Gasteiger partial charge in [0.1, 0.15) is 12.3 Å². The van der Waals surface area contributed by atoms with Crippen LogP contribution in [0.25, 0.3) is 0 Å². The number of halogens is 1. The van der Waals surface area contributed by atoms with Crippen LogP contribution in [0.15, 0.2) is 29.3 Å². The Kier molecular flexibility index (Phi) is 11.2. The van der Waals surface area contributed by atoms with Gasteiger partial charge in [0, 0.05) is 27.2 Å². The molecule has 0 spiro atoms. The third-order valence-corrected chi connectivity index (χ3v) is 3.09. The van der Waals surface area contributed by atoms with E-state index < -0.39 is 0 Å². The highest BCUT2D eigenvalue weighted by Crippen LogP contribution is 2.10. The van der Waals surface area contributed by atoms with Crippen molar-refractivity contribution in [3.05, 3.63) is 29.8 Å².